The number of thioether (sulfide) groups is 1. The Morgan fingerprint density at radius 2 is 2.04 bits per heavy atom. The molecule has 0 spiro atoms. The lowest BCUT2D eigenvalue weighted by atomic mass is 10.0. The average molecular weight is 395 g/mol. The molecule has 0 aliphatic carbocycles. The number of carbonyl (C=O) groups is 1. The number of rotatable bonds is 6. The van der Waals surface area contributed by atoms with Crippen molar-refractivity contribution in [1.82, 2.24) is 15.2 Å². The summed E-state index contributed by atoms with van der Waals surface area (Å²) in [6.07, 6.45) is 1.54. The highest BCUT2D eigenvalue weighted by Gasteiger charge is 2.21. The Balaban J connectivity index is 1.65. The number of hydrogen-bond acceptors (Lipinski definition) is 8. The minimum atomic E-state index is -0.379. The van der Waals surface area contributed by atoms with Crippen LogP contribution < -0.4 is 0 Å². The van der Waals surface area contributed by atoms with Crippen molar-refractivity contribution in [3.63, 3.8) is 0 Å². The first-order valence-corrected chi connectivity index (χ1v) is 9.71. The minimum Gasteiger partial charge on any atom is -0.462 e. The van der Waals surface area contributed by atoms with Gasteiger partial charge in [-0.1, -0.05) is 30.0 Å². The third-order valence-electron chi connectivity index (χ3n) is 4.18. The standard InChI is InChI=1S/C20H17N3O4S/c1-3-25-19(24)17-12(2)13-7-4-5-8-14(13)21-15(17)11-28-20-23-22-18(27-20)16-9-6-10-26-16/h4-10H,3,11H2,1-2H3. The van der Waals surface area contributed by atoms with Crippen LogP contribution in [0, 0.1) is 6.92 Å². The van der Waals surface area contributed by atoms with Gasteiger partial charge in [0.05, 0.1) is 29.6 Å². The Kier molecular flexibility index (Phi) is 5.12. The van der Waals surface area contributed by atoms with Crippen LogP contribution in [0.25, 0.3) is 22.6 Å². The van der Waals surface area contributed by atoms with Gasteiger partial charge < -0.3 is 13.6 Å². The summed E-state index contributed by atoms with van der Waals surface area (Å²) in [4.78, 5) is 17.2. The highest BCUT2D eigenvalue weighted by molar-refractivity contribution is 7.98. The van der Waals surface area contributed by atoms with Crippen molar-refractivity contribution in [1.29, 1.82) is 0 Å². The van der Waals surface area contributed by atoms with E-state index >= 15 is 0 Å². The van der Waals surface area contributed by atoms with Crippen LogP contribution in [0.15, 0.2) is 56.7 Å². The Morgan fingerprint density at radius 3 is 2.82 bits per heavy atom. The number of aryl methyl sites for hydroxylation is 1. The molecule has 0 aliphatic heterocycles. The van der Waals surface area contributed by atoms with Crippen LogP contribution in [-0.2, 0) is 10.5 Å². The second kappa shape index (κ2) is 7.85. The molecule has 0 saturated carbocycles. The summed E-state index contributed by atoms with van der Waals surface area (Å²) in [7, 11) is 0. The number of benzene rings is 1. The number of para-hydroxylation sites is 1. The van der Waals surface area contributed by atoms with Crippen molar-refractivity contribution in [2.45, 2.75) is 24.8 Å². The number of fused-ring (bicyclic) bond motifs is 1. The first-order chi connectivity index (χ1) is 13.7. The number of carbonyl (C=O) groups excluding carboxylic acids is 1. The molecule has 4 aromatic rings. The van der Waals surface area contributed by atoms with Gasteiger partial charge in [0.25, 0.3) is 11.1 Å². The van der Waals surface area contributed by atoms with Crippen molar-refractivity contribution in [3.8, 4) is 11.7 Å². The van der Waals surface area contributed by atoms with Crippen molar-refractivity contribution in [2.24, 2.45) is 0 Å². The van der Waals surface area contributed by atoms with E-state index in [1.165, 1.54) is 11.8 Å². The molecule has 8 heteroatoms. The number of hydrogen-bond donors (Lipinski definition) is 0. The molecule has 0 unspecified atom stereocenters. The number of aromatic nitrogens is 3. The highest BCUT2D eigenvalue weighted by atomic mass is 32.2. The van der Waals surface area contributed by atoms with Crippen molar-refractivity contribution < 1.29 is 18.4 Å². The van der Waals surface area contributed by atoms with Gasteiger partial charge in [-0.3, -0.25) is 4.98 Å². The summed E-state index contributed by atoms with van der Waals surface area (Å²) >= 11 is 1.31. The summed E-state index contributed by atoms with van der Waals surface area (Å²) < 4.78 is 16.1. The highest BCUT2D eigenvalue weighted by Crippen LogP contribution is 2.30. The number of pyridine rings is 1. The van der Waals surface area contributed by atoms with Crippen LogP contribution in [0.5, 0.6) is 0 Å². The Labute approximate surface area is 165 Å². The van der Waals surface area contributed by atoms with E-state index in [1.807, 2.05) is 31.2 Å². The average Bonchev–Trinajstić information content (AvgIpc) is 3.38. The van der Waals surface area contributed by atoms with Gasteiger partial charge in [-0.15, -0.1) is 10.2 Å². The predicted octanol–water partition coefficient (Wildman–Crippen LogP) is 4.66. The predicted molar refractivity (Wildman–Crippen MR) is 104 cm³/mol. The second-order valence-electron chi connectivity index (χ2n) is 5.94. The zero-order valence-electron chi connectivity index (χ0n) is 15.3. The summed E-state index contributed by atoms with van der Waals surface area (Å²) in [6, 6.07) is 11.2. The lowest BCUT2D eigenvalue weighted by Gasteiger charge is -2.13. The monoisotopic (exact) mass is 395 g/mol. The molecule has 0 N–H and O–H groups in total. The van der Waals surface area contributed by atoms with E-state index in [-0.39, 0.29) is 5.97 Å². The number of ether oxygens (including phenoxy) is 1. The maximum absolute atomic E-state index is 12.6. The first-order valence-electron chi connectivity index (χ1n) is 8.73. The minimum absolute atomic E-state index is 0.299. The van der Waals surface area contributed by atoms with Gasteiger partial charge in [-0.25, -0.2) is 4.79 Å². The SMILES string of the molecule is CCOC(=O)c1c(CSc2nnc(-c3ccco3)o2)nc2ccccc2c1C. The van der Waals surface area contributed by atoms with E-state index in [9.17, 15) is 4.79 Å². The molecule has 0 bridgehead atoms. The Morgan fingerprint density at radius 1 is 1.18 bits per heavy atom. The Hall–Kier alpha value is -3.13. The van der Waals surface area contributed by atoms with E-state index in [0.29, 0.717) is 40.5 Å². The zero-order chi connectivity index (χ0) is 19.5. The van der Waals surface area contributed by atoms with Gasteiger partial charge in [0, 0.05) is 11.1 Å². The summed E-state index contributed by atoms with van der Waals surface area (Å²) in [5, 5.41) is 9.30. The van der Waals surface area contributed by atoms with Crippen LogP contribution in [0.3, 0.4) is 0 Å². The number of furan rings is 1. The fourth-order valence-electron chi connectivity index (χ4n) is 2.92. The molecule has 4 rings (SSSR count). The lowest BCUT2D eigenvalue weighted by molar-refractivity contribution is 0.0524. The topological polar surface area (TPSA) is 91.2 Å². The molecule has 28 heavy (non-hydrogen) atoms. The van der Waals surface area contributed by atoms with Crippen LogP contribution >= 0.6 is 11.8 Å². The third kappa shape index (κ3) is 3.50. The van der Waals surface area contributed by atoms with Gasteiger partial charge in [0.2, 0.25) is 0 Å². The molecule has 0 aliphatic rings. The van der Waals surface area contributed by atoms with Gasteiger partial charge in [0.15, 0.2) is 5.76 Å². The van der Waals surface area contributed by atoms with E-state index < -0.39 is 0 Å². The van der Waals surface area contributed by atoms with Crippen molar-refractivity contribution in [3.05, 3.63) is 59.5 Å². The molecule has 0 fully saturated rings. The molecule has 142 valence electrons. The molecule has 1 aromatic carbocycles. The lowest BCUT2D eigenvalue weighted by Crippen LogP contribution is -2.12. The van der Waals surface area contributed by atoms with Crippen molar-refractivity contribution >= 4 is 28.6 Å². The van der Waals surface area contributed by atoms with E-state index in [2.05, 4.69) is 15.2 Å². The van der Waals surface area contributed by atoms with Crippen molar-refractivity contribution in [2.75, 3.05) is 6.61 Å². The van der Waals surface area contributed by atoms with Gasteiger partial charge in [-0.05, 0) is 37.6 Å². The van der Waals surface area contributed by atoms with Gasteiger partial charge >= 0.3 is 5.97 Å². The third-order valence-corrected chi connectivity index (χ3v) is 5.01. The summed E-state index contributed by atoms with van der Waals surface area (Å²) in [5.41, 5.74) is 2.78. The van der Waals surface area contributed by atoms with E-state index in [4.69, 9.17) is 13.6 Å². The quantitative estimate of drug-likeness (QED) is 0.344. The maximum Gasteiger partial charge on any atom is 0.340 e. The molecule has 3 aromatic heterocycles. The second-order valence-corrected chi connectivity index (χ2v) is 6.86. The van der Waals surface area contributed by atoms with Gasteiger partial charge in [0.1, 0.15) is 0 Å². The molecular weight excluding hydrogens is 378 g/mol. The van der Waals surface area contributed by atoms with Crippen LogP contribution in [0.2, 0.25) is 0 Å². The fraction of sp³-hybridized carbons (Fsp3) is 0.200. The normalized spacial score (nSPS) is 11.1. The maximum atomic E-state index is 12.6. The molecule has 3 heterocycles. The molecule has 0 amide bonds. The molecule has 0 atom stereocenters. The summed E-state index contributed by atoms with van der Waals surface area (Å²) in [5.74, 6) is 0.822. The van der Waals surface area contributed by atoms with Crippen LogP contribution in [0.1, 0.15) is 28.5 Å². The molecule has 0 saturated heterocycles. The largest absolute Gasteiger partial charge is 0.462 e. The van der Waals surface area contributed by atoms with Gasteiger partial charge in [-0.2, -0.15) is 0 Å². The molecule has 0 radical (unpaired) electrons. The Bertz CT molecular complexity index is 1120. The van der Waals surface area contributed by atoms with Crippen LogP contribution in [0.4, 0.5) is 0 Å². The zero-order valence-corrected chi connectivity index (χ0v) is 16.2. The van der Waals surface area contributed by atoms with E-state index in [0.717, 1.165) is 16.5 Å². The van der Waals surface area contributed by atoms with E-state index in [1.54, 1.807) is 25.3 Å². The fourth-order valence-corrected chi connectivity index (χ4v) is 3.62. The number of nitrogens with zero attached hydrogens (tertiary/aromatic N) is 3. The first kappa shape index (κ1) is 18.2. The molecular formula is C20H17N3O4S. The smallest absolute Gasteiger partial charge is 0.340 e. The number of esters is 1. The molecule has 7 nitrogen and oxygen atoms in total. The summed E-state index contributed by atoms with van der Waals surface area (Å²) in [6.45, 7) is 3.99. The van der Waals surface area contributed by atoms with Crippen LogP contribution in [-0.4, -0.2) is 27.8 Å².